The van der Waals surface area contributed by atoms with E-state index in [1.54, 1.807) is 7.11 Å². The van der Waals surface area contributed by atoms with Gasteiger partial charge in [-0.25, -0.2) is 0 Å². The van der Waals surface area contributed by atoms with E-state index in [0.717, 1.165) is 16.2 Å². The van der Waals surface area contributed by atoms with Crippen molar-refractivity contribution in [1.29, 1.82) is 5.41 Å². The van der Waals surface area contributed by atoms with Crippen molar-refractivity contribution in [3.63, 3.8) is 0 Å². The Kier molecular flexibility index (Phi) is 2.25. The fourth-order valence-corrected chi connectivity index (χ4v) is 2.92. The van der Waals surface area contributed by atoms with Crippen molar-refractivity contribution in [2.45, 2.75) is 17.1 Å². The lowest BCUT2D eigenvalue weighted by atomic mass is 10.1. The molecule has 1 aromatic rings. The van der Waals surface area contributed by atoms with Gasteiger partial charge < -0.3 is 4.74 Å². The molecule has 0 amide bonds. The lowest BCUT2D eigenvalue weighted by Gasteiger charge is -1.99. The van der Waals surface area contributed by atoms with E-state index in [2.05, 4.69) is 0 Å². The van der Waals surface area contributed by atoms with Crippen molar-refractivity contribution in [1.82, 2.24) is 0 Å². The van der Waals surface area contributed by atoms with Crippen LogP contribution in [0.15, 0.2) is 23.1 Å². The first-order valence-corrected chi connectivity index (χ1v) is 5.58. The van der Waals surface area contributed by atoms with Crippen LogP contribution in [0.4, 0.5) is 0 Å². The van der Waals surface area contributed by atoms with E-state index < -0.39 is 11.2 Å². The molecule has 3 nitrogen and oxygen atoms in total. The molecule has 1 aliphatic heterocycles. The highest BCUT2D eigenvalue weighted by Gasteiger charge is 2.43. The summed E-state index contributed by atoms with van der Waals surface area (Å²) in [5.41, 5.74) is 1.37. The minimum atomic E-state index is -0.839. The number of benzene rings is 1. The Labute approximate surface area is 85.8 Å². The van der Waals surface area contributed by atoms with Crippen molar-refractivity contribution >= 4 is 16.9 Å². The summed E-state index contributed by atoms with van der Waals surface area (Å²) >= 11 is -0.839. The Morgan fingerprint density at radius 3 is 2.86 bits per heavy atom. The third-order valence-corrected chi connectivity index (χ3v) is 4.14. The highest BCUT2D eigenvalue weighted by molar-refractivity contribution is 7.93. The molecule has 0 saturated heterocycles. The maximum absolute atomic E-state index is 9.87. The molecule has 0 spiro atoms. The molecule has 0 radical (unpaired) electrons. The first-order valence-electron chi connectivity index (χ1n) is 4.34. The lowest BCUT2D eigenvalue weighted by Crippen LogP contribution is -2.17. The average molecular weight is 210 g/mol. The second-order valence-electron chi connectivity index (χ2n) is 3.23. The zero-order valence-electron chi connectivity index (χ0n) is 8.07. The largest absolute Gasteiger partial charge is 0.497 e. The van der Waals surface area contributed by atoms with Gasteiger partial charge in [0, 0.05) is 6.07 Å². The number of ether oxygens (including phenoxy) is 1. The van der Waals surface area contributed by atoms with Crippen LogP contribution in [0.5, 0.6) is 5.75 Å². The number of hydrogen-bond donors (Lipinski definition) is 2. The van der Waals surface area contributed by atoms with Crippen LogP contribution in [0.25, 0.3) is 0 Å². The van der Waals surface area contributed by atoms with Gasteiger partial charge in [0.25, 0.3) is 0 Å². The Hall–Kier alpha value is -1.00. The topological polar surface area (TPSA) is 53.3 Å². The predicted octanol–water partition coefficient (Wildman–Crippen LogP) is 1.92. The molecule has 14 heavy (non-hydrogen) atoms. The van der Waals surface area contributed by atoms with Gasteiger partial charge in [0.15, 0.2) is 16.4 Å². The summed E-state index contributed by atoms with van der Waals surface area (Å²) in [7, 11) is 1.60. The summed E-state index contributed by atoms with van der Waals surface area (Å²) in [6.07, 6.45) is 0. The third-order valence-electron chi connectivity index (χ3n) is 2.45. The van der Waals surface area contributed by atoms with E-state index >= 15 is 0 Å². The van der Waals surface area contributed by atoms with Crippen molar-refractivity contribution in [3.05, 3.63) is 23.8 Å². The molecule has 4 heteroatoms. The molecule has 0 aliphatic carbocycles. The Balaban J connectivity index is 2.53. The fourth-order valence-electron chi connectivity index (χ4n) is 1.55. The maximum atomic E-state index is 9.87. The summed E-state index contributed by atoms with van der Waals surface area (Å²) in [4.78, 5) is 0.835. The first kappa shape index (κ1) is 9.55. The Bertz CT molecular complexity index is 392. The molecular formula is C10H12NO2S+. The van der Waals surface area contributed by atoms with E-state index in [4.69, 9.17) is 10.1 Å². The van der Waals surface area contributed by atoms with Crippen LogP contribution in [-0.2, 0) is 11.2 Å². The number of rotatable bonds is 1. The predicted molar refractivity (Wildman–Crippen MR) is 57.5 cm³/mol. The van der Waals surface area contributed by atoms with Crippen LogP contribution in [-0.4, -0.2) is 22.6 Å². The molecule has 2 rings (SSSR count). The van der Waals surface area contributed by atoms with Crippen LogP contribution in [0.1, 0.15) is 12.5 Å². The third kappa shape index (κ3) is 1.22. The highest BCUT2D eigenvalue weighted by atomic mass is 32.2. The molecule has 0 bridgehead atoms. The molecule has 0 saturated carbocycles. The summed E-state index contributed by atoms with van der Waals surface area (Å²) in [5.74, 6) is 0.734. The quantitative estimate of drug-likeness (QED) is 0.696. The van der Waals surface area contributed by atoms with E-state index in [1.807, 2.05) is 25.1 Å². The molecule has 2 N–H and O–H groups in total. The number of hydrogen-bond acceptors (Lipinski definition) is 3. The van der Waals surface area contributed by atoms with Crippen LogP contribution < -0.4 is 4.74 Å². The van der Waals surface area contributed by atoms with Crippen molar-refractivity contribution in [2.75, 3.05) is 7.11 Å². The number of nitrogens with one attached hydrogen (secondary N) is 1. The molecule has 0 fully saturated rings. The van der Waals surface area contributed by atoms with Gasteiger partial charge in [0.1, 0.15) is 5.75 Å². The van der Waals surface area contributed by atoms with Crippen molar-refractivity contribution in [3.8, 4) is 5.75 Å². The van der Waals surface area contributed by atoms with Gasteiger partial charge in [-0.3, -0.25) is 5.41 Å². The zero-order valence-corrected chi connectivity index (χ0v) is 8.89. The minimum Gasteiger partial charge on any atom is -0.497 e. The van der Waals surface area contributed by atoms with Gasteiger partial charge in [-0.05, 0) is 19.1 Å². The van der Waals surface area contributed by atoms with E-state index in [9.17, 15) is 4.55 Å². The Morgan fingerprint density at radius 1 is 1.50 bits per heavy atom. The summed E-state index contributed by atoms with van der Waals surface area (Å²) < 4.78 is 15.0. The van der Waals surface area contributed by atoms with Crippen molar-refractivity contribution in [2.24, 2.45) is 0 Å². The molecule has 1 unspecified atom stereocenters. The monoisotopic (exact) mass is 210 g/mol. The summed E-state index contributed by atoms with van der Waals surface area (Å²) in [6, 6.07) is 5.48. The maximum Gasteiger partial charge on any atom is 0.203 e. The minimum absolute atomic E-state index is 0.0860. The van der Waals surface area contributed by atoms with Gasteiger partial charge in [-0.15, -0.1) is 0 Å². The molecule has 1 heterocycles. The highest BCUT2D eigenvalue weighted by Crippen LogP contribution is 2.33. The smallest absolute Gasteiger partial charge is 0.203 e. The first-order chi connectivity index (χ1) is 6.65. The molecule has 2 atom stereocenters. The van der Waals surface area contributed by atoms with E-state index in [1.165, 1.54) is 0 Å². The van der Waals surface area contributed by atoms with Gasteiger partial charge in [0.2, 0.25) is 4.90 Å². The molecule has 1 aromatic carbocycles. The lowest BCUT2D eigenvalue weighted by molar-refractivity contribution is 0.413. The van der Waals surface area contributed by atoms with Gasteiger partial charge in [0.05, 0.1) is 18.4 Å². The molecule has 1 aliphatic rings. The van der Waals surface area contributed by atoms with Crippen LogP contribution >= 0.6 is 0 Å². The van der Waals surface area contributed by atoms with Gasteiger partial charge in [-0.2, -0.15) is 4.55 Å². The van der Waals surface area contributed by atoms with E-state index in [-0.39, 0.29) is 5.25 Å². The van der Waals surface area contributed by atoms with E-state index in [0.29, 0.717) is 5.71 Å². The second-order valence-corrected chi connectivity index (χ2v) is 5.01. The van der Waals surface area contributed by atoms with Crippen molar-refractivity contribution < 1.29 is 9.29 Å². The van der Waals surface area contributed by atoms with Gasteiger partial charge in [-0.1, -0.05) is 0 Å². The van der Waals surface area contributed by atoms with Crippen LogP contribution in [0.2, 0.25) is 0 Å². The second kappa shape index (κ2) is 3.29. The Morgan fingerprint density at radius 2 is 2.21 bits per heavy atom. The summed E-state index contributed by atoms with van der Waals surface area (Å²) in [5, 5.41) is 7.71. The average Bonchev–Trinajstić information content (AvgIpc) is 2.44. The summed E-state index contributed by atoms with van der Waals surface area (Å²) in [6.45, 7) is 1.87. The molecule has 0 aromatic heterocycles. The SMILES string of the molecule is COc1ccc2c(c1)[S+](O)[C@@H](C)C2=N. The standard InChI is InChI=1S/C10H12NO2S/c1-6-10(11)8-4-3-7(13-2)5-9(8)14(6)12/h3-6,11-12H,1-2H3/q+1/t6-,14?/m0/s1. The number of methoxy groups -OCH3 is 1. The molecule has 74 valence electrons. The van der Waals surface area contributed by atoms with Gasteiger partial charge >= 0.3 is 0 Å². The normalized spacial score (nSPS) is 24.9. The van der Waals surface area contributed by atoms with Crippen LogP contribution in [0, 0.1) is 5.41 Å². The fraction of sp³-hybridized carbons (Fsp3) is 0.300. The number of fused-ring (bicyclic) bond motifs is 1. The zero-order chi connectivity index (χ0) is 10.3. The van der Waals surface area contributed by atoms with Crippen LogP contribution in [0.3, 0.4) is 0 Å². The molecular weight excluding hydrogens is 198 g/mol.